The zero-order valence-electron chi connectivity index (χ0n) is 10.7. The smallest absolute Gasteiger partial charge is 0.270 e. The molecule has 2 rings (SSSR count). The van der Waals surface area contributed by atoms with Gasteiger partial charge in [0.1, 0.15) is 10.7 Å². The molecule has 1 amide bonds. The largest absolute Gasteiger partial charge is 0.384 e. The first-order valence-electron chi connectivity index (χ1n) is 6.16. The van der Waals surface area contributed by atoms with Crippen molar-refractivity contribution >= 4 is 22.9 Å². The van der Waals surface area contributed by atoms with Crippen molar-refractivity contribution in [3.05, 3.63) is 40.6 Å². The summed E-state index contributed by atoms with van der Waals surface area (Å²) in [6, 6.07) is 3.58. The number of nitrogens with zero attached hydrogens (tertiary/aromatic N) is 2. The van der Waals surface area contributed by atoms with Crippen LogP contribution in [0.15, 0.2) is 29.9 Å². The number of carbonyl (C=O) groups is 1. The van der Waals surface area contributed by atoms with E-state index in [9.17, 15) is 4.79 Å². The van der Waals surface area contributed by atoms with Gasteiger partial charge in [-0.15, -0.1) is 11.3 Å². The molecule has 0 unspecified atom stereocenters. The zero-order valence-corrected chi connectivity index (χ0v) is 11.5. The topological polar surface area (TPSA) is 66.9 Å². The molecule has 2 aromatic heterocycles. The number of anilines is 1. The van der Waals surface area contributed by atoms with Crippen molar-refractivity contribution in [2.24, 2.45) is 0 Å². The van der Waals surface area contributed by atoms with Crippen molar-refractivity contribution in [2.75, 3.05) is 11.9 Å². The molecule has 6 heteroatoms. The second-order valence-electron chi connectivity index (χ2n) is 3.97. The quantitative estimate of drug-likeness (QED) is 0.849. The minimum Gasteiger partial charge on any atom is -0.384 e. The minimum atomic E-state index is -0.183. The van der Waals surface area contributed by atoms with Crippen molar-refractivity contribution in [1.82, 2.24) is 15.3 Å². The highest BCUT2D eigenvalue weighted by atomic mass is 32.1. The summed E-state index contributed by atoms with van der Waals surface area (Å²) in [7, 11) is 0. The molecule has 0 saturated heterocycles. The van der Waals surface area contributed by atoms with Crippen LogP contribution in [0.25, 0.3) is 0 Å². The van der Waals surface area contributed by atoms with Crippen molar-refractivity contribution < 1.29 is 4.79 Å². The Morgan fingerprint density at radius 3 is 2.89 bits per heavy atom. The van der Waals surface area contributed by atoms with E-state index in [4.69, 9.17) is 0 Å². The SMILES string of the molecule is CCCNc1ccc(C(=O)NCc2nccs2)nc1. The fourth-order valence-electron chi connectivity index (χ4n) is 1.49. The third kappa shape index (κ3) is 4.03. The Labute approximate surface area is 116 Å². The molecule has 19 heavy (non-hydrogen) atoms. The van der Waals surface area contributed by atoms with Crippen LogP contribution >= 0.6 is 11.3 Å². The van der Waals surface area contributed by atoms with E-state index in [1.165, 1.54) is 11.3 Å². The van der Waals surface area contributed by atoms with Crippen LogP contribution in [-0.2, 0) is 6.54 Å². The van der Waals surface area contributed by atoms with Crippen LogP contribution in [0, 0.1) is 0 Å². The van der Waals surface area contributed by atoms with Gasteiger partial charge in [-0.25, -0.2) is 9.97 Å². The Morgan fingerprint density at radius 1 is 1.37 bits per heavy atom. The summed E-state index contributed by atoms with van der Waals surface area (Å²) < 4.78 is 0. The van der Waals surface area contributed by atoms with Gasteiger partial charge in [-0.2, -0.15) is 0 Å². The molecule has 100 valence electrons. The standard InChI is InChI=1S/C13H16N4OS/c1-2-5-14-10-3-4-11(16-8-10)13(18)17-9-12-15-6-7-19-12/h3-4,6-8,14H,2,5,9H2,1H3,(H,17,18). The monoisotopic (exact) mass is 276 g/mol. The average Bonchev–Trinajstić information content (AvgIpc) is 2.96. The Balaban J connectivity index is 1.88. The van der Waals surface area contributed by atoms with Crippen LogP contribution in [0.2, 0.25) is 0 Å². The van der Waals surface area contributed by atoms with Gasteiger partial charge in [0, 0.05) is 18.1 Å². The highest BCUT2D eigenvalue weighted by molar-refractivity contribution is 7.09. The molecule has 0 atom stereocenters. The summed E-state index contributed by atoms with van der Waals surface area (Å²) >= 11 is 1.52. The molecular weight excluding hydrogens is 260 g/mol. The molecule has 0 spiro atoms. The fraction of sp³-hybridized carbons (Fsp3) is 0.308. The fourth-order valence-corrected chi connectivity index (χ4v) is 2.04. The third-order valence-electron chi connectivity index (χ3n) is 2.46. The first-order chi connectivity index (χ1) is 9.29. The van der Waals surface area contributed by atoms with E-state index in [1.807, 2.05) is 11.4 Å². The lowest BCUT2D eigenvalue weighted by Crippen LogP contribution is -2.23. The van der Waals surface area contributed by atoms with Crippen LogP contribution < -0.4 is 10.6 Å². The van der Waals surface area contributed by atoms with Crippen LogP contribution in [0.3, 0.4) is 0 Å². The van der Waals surface area contributed by atoms with Crippen molar-refractivity contribution in [1.29, 1.82) is 0 Å². The highest BCUT2D eigenvalue weighted by Gasteiger charge is 2.07. The number of carbonyl (C=O) groups excluding carboxylic acids is 1. The van der Waals surface area contributed by atoms with Crippen molar-refractivity contribution in [3.8, 4) is 0 Å². The maximum atomic E-state index is 11.8. The maximum absolute atomic E-state index is 11.8. The van der Waals surface area contributed by atoms with Crippen LogP contribution in [0.1, 0.15) is 28.8 Å². The molecule has 0 radical (unpaired) electrons. The molecule has 5 nitrogen and oxygen atoms in total. The number of hydrogen-bond acceptors (Lipinski definition) is 5. The number of hydrogen-bond donors (Lipinski definition) is 2. The van der Waals surface area contributed by atoms with Gasteiger partial charge in [-0.05, 0) is 18.6 Å². The molecule has 0 aromatic carbocycles. The maximum Gasteiger partial charge on any atom is 0.270 e. The minimum absolute atomic E-state index is 0.183. The van der Waals surface area contributed by atoms with E-state index in [2.05, 4.69) is 27.5 Å². The molecule has 0 saturated carbocycles. The zero-order chi connectivity index (χ0) is 13.5. The summed E-state index contributed by atoms with van der Waals surface area (Å²) in [6.07, 6.45) is 4.45. The summed E-state index contributed by atoms with van der Waals surface area (Å²) in [6.45, 7) is 3.44. The van der Waals surface area contributed by atoms with Crippen LogP contribution in [0.5, 0.6) is 0 Å². The van der Waals surface area contributed by atoms with Gasteiger partial charge in [0.2, 0.25) is 0 Å². The summed E-state index contributed by atoms with van der Waals surface area (Å²) in [5, 5.41) is 8.77. The summed E-state index contributed by atoms with van der Waals surface area (Å²) in [4.78, 5) is 20.1. The predicted molar refractivity (Wildman–Crippen MR) is 76.3 cm³/mol. The number of rotatable bonds is 6. The van der Waals surface area contributed by atoms with Gasteiger partial charge < -0.3 is 10.6 Å². The number of nitrogens with one attached hydrogen (secondary N) is 2. The first kappa shape index (κ1) is 13.5. The Bertz CT molecular complexity index is 510. The average molecular weight is 276 g/mol. The molecule has 2 aromatic rings. The normalized spacial score (nSPS) is 10.2. The molecule has 0 aliphatic heterocycles. The van der Waals surface area contributed by atoms with Gasteiger partial charge >= 0.3 is 0 Å². The molecule has 0 fully saturated rings. The molecule has 0 aliphatic carbocycles. The lowest BCUT2D eigenvalue weighted by atomic mass is 10.3. The Morgan fingerprint density at radius 2 is 2.26 bits per heavy atom. The van der Waals surface area contributed by atoms with Gasteiger partial charge in [0.25, 0.3) is 5.91 Å². The molecule has 2 N–H and O–H groups in total. The number of thiazole rings is 1. The van der Waals surface area contributed by atoms with Crippen LogP contribution in [-0.4, -0.2) is 22.4 Å². The van der Waals surface area contributed by atoms with Gasteiger partial charge in [-0.1, -0.05) is 6.92 Å². The van der Waals surface area contributed by atoms with E-state index >= 15 is 0 Å². The molecule has 2 heterocycles. The summed E-state index contributed by atoms with van der Waals surface area (Å²) in [5.41, 5.74) is 1.34. The molecule has 0 bridgehead atoms. The van der Waals surface area contributed by atoms with E-state index in [-0.39, 0.29) is 5.91 Å². The number of amides is 1. The Kier molecular flexibility index (Phi) is 4.85. The third-order valence-corrected chi connectivity index (χ3v) is 3.24. The van der Waals surface area contributed by atoms with E-state index in [0.717, 1.165) is 23.7 Å². The van der Waals surface area contributed by atoms with E-state index < -0.39 is 0 Å². The van der Waals surface area contributed by atoms with Gasteiger partial charge in [0.05, 0.1) is 18.4 Å². The van der Waals surface area contributed by atoms with Crippen LogP contribution in [0.4, 0.5) is 5.69 Å². The van der Waals surface area contributed by atoms with Crippen molar-refractivity contribution in [3.63, 3.8) is 0 Å². The summed E-state index contributed by atoms with van der Waals surface area (Å²) in [5.74, 6) is -0.183. The van der Waals surface area contributed by atoms with E-state index in [1.54, 1.807) is 18.5 Å². The lowest BCUT2D eigenvalue weighted by molar-refractivity contribution is 0.0946. The first-order valence-corrected chi connectivity index (χ1v) is 7.04. The lowest BCUT2D eigenvalue weighted by Gasteiger charge is -2.05. The van der Waals surface area contributed by atoms with Crippen molar-refractivity contribution in [2.45, 2.75) is 19.9 Å². The van der Waals surface area contributed by atoms with Gasteiger partial charge in [-0.3, -0.25) is 4.79 Å². The number of pyridine rings is 1. The highest BCUT2D eigenvalue weighted by Crippen LogP contribution is 2.07. The second-order valence-corrected chi connectivity index (χ2v) is 4.95. The van der Waals surface area contributed by atoms with Gasteiger partial charge in [0.15, 0.2) is 0 Å². The number of aromatic nitrogens is 2. The predicted octanol–water partition coefficient (Wildman–Crippen LogP) is 2.29. The van der Waals surface area contributed by atoms with E-state index in [0.29, 0.717) is 12.2 Å². The second kappa shape index (κ2) is 6.84. The molecular formula is C13H16N4OS. The Hall–Kier alpha value is -1.95. The molecule has 0 aliphatic rings.